The van der Waals surface area contributed by atoms with E-state index in [1.807, 2.05) is 44.2 Å². The summed E-state index contributed by atoms with van der Waals surface area (Å²) in [5.74, 6) is -1.81. The second kappa shape index (κ2) is 17.5. The molecule has 2 saturated heterocycles. The number of esters is 1. The number of nitrogens with one attached hydrogen (secondary N) is 2. The molecule has 5 fully saturated rings. The first-order valence-corrected chi connectivity index (χ1v) is 25.3. The third kappa shape index (κ3) is 8.99. The zero-order valence-corrected chi connectivity index (χ0v) is 38.5. The van der Waals surface area contributed by atoms with Crippen molar-refractivity contribution in [3.05, 3.63) is 41.6 Å². The summed E-state index contributed by atoms with van der Waals surface area (Å²) in [6, 6.07) is 4.90. The number of aromatic nitrogens is 1. The number of carbonyl (C=O) groups is 4. The molecule has 1 spiro atoms. The van der Waals surface area contributed by atoms with Crippen LogP contribution in [-0.2, 0) is 51.5 Å². The average Bonchev–Trinajstić information content (AvgIpc) is 4.16. The van der Waals surface area contributed by atoms with Gasteiger partial charge in [-0.25, -0.2) is 13.4 Å². The van der Waals surface area contributed by atoms with Crippen LogP contribution in [0.15, 0.2) is 30.4 Å². The van der Waals surface area contributed by atoms with Crippen molar-refractivity contribution in [3.8, 4) is 11.5 Å². The van der Waals surface area contributed by atoms with Crippen molar-refractivity contribution in [3.63, 3.8) is 0 Å². The van der Waals surface area contributed by atoms with Crippen LogP contribution in [0, 0.1) is 11.8 Å². The molecule has 2 aromatic rings. The number of sulfonamides is 1. The van der Waals surface area contributed by atoms with Crippen LogP contribution in [-0.4, -0.2) is 120 Å². The number of benzene rings is 1. The minimum absolute atomic E-state index is 0.0910. The first-order valence-electron chi connectivity index (χ1n) is 23.8. The lowest BCUT2D eigenvalue weighted by Crippen LogP contribution is -2.57. The van der Waals surface area contributed by atoms with Gasteiger partial charge in [0.05, 0.1) is 42.1 Å². The monoisotopic (exact) mass is 903 g/mol. The standard InChI is InChI=1S/C48H65N5O10S/c1-4-37-41-35(36-28-34(13-14-38(36)49-37)61-26-23-52-21-24-60-25-22-52)15-18-47(63-41)30-39-42(55)50-48(44(57)51-64(58,59)46(3)19-20-46)29-33(48)12-9-7-5-6-8-11-32(43(56)53(39)31-47)27-40(54)62-45(2)16-10-17-45/h9,12-14,28,32-33,39H,4-8,10-11,15-27,29-31H2,1-3H3,(H,50,55)(H,51,57)/b12-9-/t32-,33-,39+,47-,48-/m1/s1. The molecule has 64 heavy (non-hydrogen) atoms. The summed E-state index contributed by atoms with van der Waals surface area (Å²) in [4.78, 5) is 66.6. The Morgan fingerprint density at radius 1 is 1.02 bits per heavy atom. The molecule has 4 aliphatic heterocycles. The Balaban J connectivity index is 1.02. The predicted octanol–water partition coefficient (Wildman–Crippen LogP) is 5.06. The van der Waals surface area contributed by atoms with Crippen LogP contribution in [0.1, 0.15) is 122 Å². The van der Waals surface area contributed by atoms with Crippen molar-refractivity contribution in [2.45, 2.75) is 151 Å². The molecule has 0 bridgehead atoms. The first-order chi connectivity index (χ1) is 30.6. The van der Waals surface area contributed by atoms with Gasteiger partial charge < -0.3 is 29.2 Å². The van der Waals surface area contributed by atoms with Gasteiger partial charge in [0.25, 0.3) is 5.91 Å². The molecule has 15 nitrogen and oxygen atoms in total. The molecular weight excluding hydrogens is 839 g/mol. The molecule has 9 rings (SSSR count). The van der Waals surface area contributed by atoms with E-state index in [9.17, 15) is 22.8 Å². The third-order valence-corrected chi connectivity index (χ3v) is 17.4. The van der Waals surface area contributed by atoms with Gasteiger partial charge in [0.1, 0.15) is 40.9 Å². The number of pyridine rings is 1. The van der Waals surface area contributed by atoms with Gasteiger partial charge >= 0.3 is 5.97 Å². The van der Waals surface area contributed by atoms with Crippen LogP contribution in [0.2, 0.25) is 0 Å². The maximum absolute atomic E-state index is 15.1. The molecule has 0 radical (unpaired) electrons. The van der Waals surface area contributed by atoms with Crippen LogP contribution in [0.5, 0.6) is 11.5 Å². The second-order valence-corrected chi connectivity index (χ2v) is 22.3. The Morgan fingerprint density at radius 2 is 1.81 bits per heavy atom. The summed E-state index contributed by atoms with van der Waals surface area (Å²) < 4.78 is 52.8. The van der Waals surface area contributed by atoms with Crippen molar-refractivity contribution in [2.75, 3.05) is 46.0 Å². The number of carbonyl (C=O) groups excluding carboxylic acids is 4. The third-order valence-electron chi connectivity index (χ3n) is 15.3. The highest BCUT2D eigenvalue weighted by atomic mass is 32.2. The van der Waals surface area contributed by atoms with Crippen LogP contribution in [0.3, 0.4) is 0 Å². The predicted molar refractivity (Wildman–Crippen MR) is 238 cm³/mol. The molecule has 7 aliphatic rings. The number of ether oxygens (including phenoxy) is 4. The van der Waals surface area contributed by atoms with Crippen molar-refractivity contribution < 1.29 is 46.5 Å². The Hall–Kier alpha value is -4.28. The van der Waals surface area contributed by atoms with Crippen LogP contribution >= 0.6 is 0 Å². The maximum atomic E-state index is 15.1. The van der Waals surface area contributed by atoms with Crippen LogP contribution in [0.4, 0.5) is 0 Å². The Kier molecular flexibility index (Phi) is 12.3. The molecule has 0 unspecified atom stereocenters. The van der Waals surface area contributed by atoms with Crippen LogP contribution < -0.4 is 19.5 Å². The molecule has 1 aromatic carbocycles. The number of rotatable bonds is 11. The SMILES string of the molecule is CCc1nc2ccc(OCCN3CCOCC3)cc2c2c1O[C@]1(CC2)C[C@H]2C(=O)N[C@]3(C(=O)NS(=O)(=O)C4(C)CC4)C[C@H]3/C=C\CCCCC[C@H](CC(=O)OC3(C)CCC3)C(=O)N2C1. The summed E-state index contributed by atoms with van der Waals surface area (Å²) in [6.07, 6.45) is 12.8. The topological polar surface area (TPSA) is 183 Å². The molecular formula is C48H65N5O10S. The lowest BCUT2D eigenvalue weighted by Gasteiger charge is -2.38. The normalized spacial score (nSPS) is 30.5. The quantitative estimate of drug-likeness (QED) is 0.226. The van der Waals surface area contributed by atoms with E-state index >= 15 is 4.79 Å². The summed E-state index contributed by atoms with van der Waals surface area (Å²) in [5.41, 5.74) is -0.385. The van der Waals surface area contributed by atoms with Gasteiger partial charge in [-0.1, -0.05) is 31.9 Å². The second-order valence-electron chi connectivity index (χ2n) is 20.1. The minimum Gasteiger partial charge on any atom is -0.492 e. The first kappa shape index (κ1) is 44.9. The molecule has 3 aliphatic carbocycles. The fraction of sp³-hybridized carbons (Fsp3) is 0.688. The summed E-state index contributed by atoms with van der Waals surface area (Å²) in [6.45, 7) is 10.2. The van der Waals surface area contributed by atoms with Gasteiger partial charge in [-0.15, -0.1) is 0 Å². The molecule has 5 atom stereocenters. The molecule has 348 valence electrons. The van der Waals surface area contributed by atoms with Crippen molar-refractivity contribution in [1.82, 2.24) is 24.8 Å². The van der Waals surface area contributed by atoms with Gasteiger partial charge in [0.15, 0.2) is 0 Å². The Labute approximate surface area is 376 Å². The Morgan fingerprint density at radius 3 is 2.55 bits per heavy atom. The fourth-order valence-corrected chi connectivity index (χ4v) is 11.8. The summed E-state index contributed by atoms with van der Waals surface area (Å²) >= 11 is 0. The number of fused-ring (bicyclic) bond motifs is 5. The van der Waals surface area contributed by atoms with Crippen molar-refractivity contribution >= 4 is 44.6 Å². The van der Waals surface area contributed by atoms with E-state index in [0.717, 1.165) is 99.3 Å². The number of aryl methyl sites for hydroxylation is 2. The maximum Gasteiger partial charge on any atom is 0.307 e. The molecule has 3 saturated carbocycles. The highest BCUT2D eigenvalue weighted by Crippen LogP contribution is 2.49. The van der Waals surface area contributed by atoms with E-state index in [1.54, 1.807) is 11.8 Å². The molecule has 16 heteroatoms. The fourth-order valence-electron chi connectivity index (χ4n) is 10.4. The van der Waals surface area contributed by atoms with Crippen molar-refractivity contribution in [1.29, 1.82) is 0 Å². The zero-order valence-electron chi connectivity index (χ0n) is 37.7. The van der Waals surface area contributed by atoms with Gasteiger partial charge in [-0.3, -0.25) is 28.8 Å². The molecule has 2 N–H and O–H groups in total. The summed E-state index contributed by atoms with van der Waals surface area (Å²) in [7, 11) is -3.99. The van der Waals surface area contributed by atoms with Gasteiger partial charge in [0.2, 0.25) is 21.8 Å². The molecule has 5 heterocycles. The van der Waals surface area contributed by atoms with E-state index in [2.05, 4.69) is 14.9 Å². The molecule has 3 amide bonds. The number of amides is 3. The van der Waals surface area contributed by atoms with Gasteiger partial charge in [-0.2, -0.15) is 0 Å². The highest BCUT2D eigenvalue weighted by molar-refractivity contribution is 7.91. The van der Waals surface area contributed by atoms with E-state index < -0.39 is 67.2 Å². The number of hydrogen-bond acceptors (Lipinski definition) is 12. The van der Waals surface area contributed by atoms with Crippen molar-refractivity contribution in [2.24, 2.45) is 11.8 Å². The smallest absolute Gasteiger partial charge is 0.307 e. The number of nitrogens with zero attached hydrogens (tertiary/aromatic N) is 3. The Bertz CT molecular complexity index is 2310. The highest BCUT2D eigenvalue weighted by Gasteiger charge is 2.64. The summed E-state index contributed by atoms with van der Waals surface area (Å²) in [5, 5.41) is 3.95. The van der Waals surface area contributed by atoms with Gasteiger partial charge in [-0.05, 0) is 109 Å². The lowest BCUT2D eigenvalue weighted by atomic mass is 9.82. The zero-order chi connectivity index (χ0) is 44.9. The van der Waals surface area contributed by atoms with E-state index in [4.69, 9.17) is 23.9 Å². The van der Waals surface area contributed by atoms with E-state index in [-0.39, 0.29) is 31.7 Å². The van der Waals surface area contributed by atoms with E-state index in [1.165, 1.54) is 0 Å². The minimum atomic E-state index is -3.99. The number of allylic oxidation sites excluding steroid dienone is 1. The van der Waals surface area contributed by atoms with Gasteiger partial charge in [0, 0.05) is 48.8 Å². The lowest BCUT2D eigenvalue weighted by molar-refractivity contribution is -0.169. The number of morpholine rings is 1. The van der Waals surface area contributed by atoms with Crippen LogP contribution in [0.25, 0.3) is 10.9 Å². The largest absolute Gasteiger partial charge is 0.492 e. The molecule has 1 aromatic heterocycles. The van der Waals surface area contributed by atoms with E-state index in [0.29, 0.717) is 57.3 Å². The number of hydrogen-bond donors (Lipinski definition) is 2. The average molecular weight is 904 g/mol.